The first-order valence-corrected chi connectivity index (χ1v) is 6.15. The van der Waals surface area contributed by atoms with Crippen molar-refractivity contribution in [3.05, 3.63) is 23.8 Å². The molecule has 2 N–H and O–H groups in total. The van der Waals surface area contributed by atoms with Gasteiger partial charge in [-0.15, -0.1) is 0 Å². The zero-order chi connectivity index (χ0) is 14.4. The predicted molar refractivity (Wildman–Crippen MR) is 72.3 cm³/mol. The number of hydrogen-bond acceptors (Lipinski definition) is 5. The molecule has 0 radical (unpaired) electrons. The second kappa shape index (κ2) is 6.99. The molecular formula is C14H21NO4. The van der Waals surface area contributed by atoms with E-state index in [1.165, 1.54) is 7.11 Å². The molecule has 0 heterocycles. The van der Waals surface area contributed by atoms with Crippen LogP contribution in [0.5, 0.6) is 11.5 Å². The molecule has 19 heavy (non-hydrogen) atoms. The molecule has 0 bridgehead atoms. The van der Waals surface area contributed by atoms with Crippen LogP contribution in [0.25, 0.3) is 0 Å². The molecule has 1 aromatic rings. The molecule has 0 fully saturated rings. The Kier molecular flexibility index (Phi) is 5.63. The molecular weight excluding hydrogens is 246 g/mol. The van der Waals surface area contributed by atoms with Crippen LogP contribution in [-0.4, -0.2) is 26.3 Å². The van der Waals surface area contributed by atoms with E-state index < -0.39 is 6.04 Å². The lowest BCUT2D eigenvalue weighted by molar-refractivity contribution is -0.141. The number of carbonyl (C=O) groups excluding carboxylic acids is 1. The van der Waals surface area contributed by atoms with E-state index in [0.717, 1.165) is 5.56 Å². The zero-order valence-corrected chi connectivity index (χ0v) is 11.8. The quantitative estimate of drug-likeness (QED) is 0.799. The van der Waals surface area contributed by atoms with Gasteiger partial charge in [0.25, 0.3) is 0 Å². The van der Waals surface area contributed by atoms with E-state index in [0.29, 0.717) is 11.5 Å². The molecule has 0 aliphatic heterocycles. The topological polar surface area (TPSA) is 70.8 Å². The third kappa shape index (κ3) is 4.44. The van der Waals surface area contributed by atoms with Crippen molar-refractivity contribution < 1.29 is 19.0 Å². The summed E-state index contributed by atoms with van der Waals surface area (Å²) in [4.78, 5) is 11.2. The fourth-order valence-electron chi connectivity index (χ4n) is 1.65. The van der Waals surface area contributed by atoms with Crippen molar-refractivity contribution in [2.75, 3.05) is 14.2 Å². The second-order valence-corrected chi connectivity index (χ2v) is 4.46. The molecule has 1 aromatic carbocycles. The first kappa shape index (κ1) is 15.3. The molecule has 5 nitrogen and oxygen atoms in total. The number of nitrogens with two attached hydrogens (primary N) is 1. The molecule has 0 saturated carbocycles. The number of methoxy groups -OCH3 is 2. The van der Waals surface area contributed by atoms with Crippen LogP contribution >= 0.6 is 0 Å². The Labute approximate surface area is 113 Å². The van der Waals surface area contributed by atoms with Crippen molar-refractivity contribution >= 4 is 5.97 Å². The summed E-state index contributed by atoms with van der Waals surface area (Å²) in [6, 6.07) is 4.98. The van der Waals surface area contributed by atoms with Crippen LogP contribution in [0.2, 0.25) is 0 Å². The van der Waals surface area contributed by atoms with Gasteiger partial charge in [0.05, 0.1) is 26.7 Å². The van der Waals surface area contributed by atoms with Crippen LogP contribution < -0.4 is 15.2 Å². The summed E-state index contributed by atoms with van der Waals surface area (Å²) in [6.07, 6.45) is 0.158. The van der Waals surface area contributed by atoms with Gasteiger partial charge >= 0.3 is 5.97 Å². The Morgan fingerprint density at radius 1 is 1.26 bits per heavy atom. The highest BCUT2D eigenvalue weighted by Gasteiger charge is 2.15. The molecule has 5 heteroatoms. The second-order valence-electron chi connectivity index (χ2n) is 4.46. The maximum absolute atomic E-state index is 11.2. The van der Waals surface area contributed by atoms with Crippen LogP contribution in [0.15, 0.2) is 18.2 Å². The molecule has 1 unspecified atom stereocenters. The van der Waals surface area contributed by atoms with E-state index in [2.05, 4.69) is 4.74 Å². The molecule has 0 aliphatic rings. The summed E-state index contributed by atoms with van der Waals surface area (Å²) in [5, 5.41) is 0. The van der Waals surface area contributed by atoms with Crippen LogP contribution in [0.1, 0.15) is 31.9 Å². The largest absolute Gasteiger partial charge is 0.493 e. The summed E-state index contributed by atoms with van der Waals surface area (Å²) in [5.74, 6) is 0.924. The van der Waals surface area contributed by atoms with Crippen LogP contribution in [0.3, 0.4) is 0 Å². The summed E-state index contributed by atoms with van der Waals surface area (Å²) in [7, 11) is 2.92. The van der Waals surface area contributed by atoms with Crippen LogP contribution in [0.4, 0.5) is 0 Å². The third-order valence-electron chi connectivity index (χ3n) is 2.59. The number of rotatable bonds is 6. The lowest BCUT2D eigenvalue weighted by Crippen LogP contribution is -2.16. The summed E-state index contributed by atoms with van der Waals surface area (Å²) in [6.45, 7) is 3.86. The maximum atomic E-state index is 11.2. The molecule has 1 atom stereocenters. The number of carbonyl (C=O) groups is 1. The van der Waals surface area contributed by atoms with E-state index in [1.54, 1.807) is 19.2 Å². The van der Waals surface area contributed by atoms with Crippen molar-refractivity contribution in [1.82, 2.24) is 0 Å². The standard InChI is InChI=1S/C14H21NO4/c1-9(2)19-13-7-10(5-6-12(13)17-3)11(15)8-14(16)18-4/h5-7,9,11H,8,15H2,1-4H3. The SMILES string of the molecule is COC(=O)CC(N)c1ccc(OC)c(OC(C)C)c1. The van der Waals surface area contributed by atoms with Crippen molar-refractivity contribution in [2.45, 2.75) is 32.4 Å². The Bertz CT molecular complexity index is 431. The number of esters is 1. The monoisotopic (exact) mass is 267 g/mol. The van der Waals surface area contributed by atoms with E-state index in [9.17, 15) is 4.79 Å². The van der Waals surface area contributed by atoms with Gasteiger partial charge in [-0.25, -0.2) is 0 Å². The van der Waals surface area contributed by atoms with Gasteiger partial charge in [0.1, 0.15) is 0 Å². The predicted octanol–water partition coefficient (Wildman–Crippen LogP) is 2.05. The summed E-state index contributed by atoms with van der Waals surface area (Å²) < 4.78 is 15.5. The Morgan fingerprint density at radius 3 is 2.47 bits per heavy atom. The maximum Gasteiger partial charge on any atom is 0.307 e. The molecule has 0 aliphatic carbocycles. The average molecular weight is 267 g/mol. The minimum Gasteiger partial charge on any atom is -0.493 e. The van der Waals surface area contributed by atoms with E-state index >= 15 is 0 Å². The van der Waals surface area contributed by atoms with Gasteiger partial charge < -0.3 is 19.9 Å². The molecule has 0 aromatic heterocycles. The van der Waals surface area contributed by atoms with Crippen LogP contribution in [-0.2, 0) is 9.53 Å². The highest BCUT2D eigenvalue weighted by molar-refractivity contribution is 5.70. The summed E-state index contributed by atoms with van der Waals surface area (Å²) in [5.41, 5.74) is 6.77. The van der Waals surface area contributed by atoms with E-state index in [1.807, 2.05) is 19.9 Å². The molecule has 0 amide bonds. The highest BCUT2D eigenvalue weighted by atomic mass is 16.5. The lowest BCUT2D eigenvalue weighted by Gasteiger charge is -2.17. The van der Waals surface area contributed by atoms with Gasteiger partial charge in [0.15, 0.2) is 11.5 Å². The molecule has 0 saturated heterocycles. The van der Waals surface area contributed by atoms with E-state index in [4.69, 9.17) is 15.2 Å². The molecule has 1 rings (SSSR count). The fourth-order valence-corrected chi connectivity index (χ4v) is 1.65. The number of ether oxygens (including phenoxy) is 3. The van der Waals surface area contributed by atoms with Crippen molar-refractivity contribution in [3.8, 4) is 11.5 Å². The van der Waals surface area contributed by atoms with Crippen molar-refractivity contribution in [2.24, 2.45) is 5.73 Å². The minimum absolute atomic E-state index is 0.0287. The first-order valence-electron chi connectivity index (χ1n) is 6.15. The van der Waals surface area contributed by atoms with Gasteiger partial charge in [0.2, 0.25) is 0 Å². The van der Waals surface area contributed by atoms with Gasteiger partial charge in [0, 0.05) is 6.04 Å². The Morgan fingerprint density at radius 2 is 1.95 bits per heavy atom. The zero-order valence-electron chi connectivity index (χ0n) is 11.8. The highest BCUT2D eigenvalue weighted by Crippen LogP contribution is 2.31. The third-order valence-corrected chi connectivity index (χ3v) is 2.59. The Hall–Kier alpha value is -1.75. The summed E-state index contributed by atoms with van der Waals surface area (Å²) >= 11 is 0. The van der Waals surface area contributed by atoms with Crippen molar-refractivity contribution in [3.63, 3.8) is 0 Å². The smallest absolute Gasteiger partial charge is 0.307 e. The average Bonchev–Trinajstić information content (AvgIpc) is 2.37. The van der Waals surface area contributed by atoms with Crippen molar-refractivity contribution in [1.29, 1.82) is 0 Å². The minimum atomic E-state index is -0.423. The van der Waals surface area contributed by atoms with Crippen LogP contribution in [0, 0.1) is 0 Å². The fraction of sp³-hybridized carbons (Fsp3) is 0.500. The molecule has 0 spiro atoms. The normalized spacial score (nSPS) is 12.1. The van der Waals surface area contributed by atoms with Gasteiger partial charge in [-0.2, -0.15) is 0 Å². The first-order chi connectivity index (χ1) is 8.97. The van der Waals surface area contributed by atoms with Gasteiger partial charge in [-0.05, 0) is 31.5 Å². The Balaban J connectivity index is 2.93. The number of hydrogen-bond donors (Lipinski definition) is 1. The lowest BCUT2D eigenvalue weighted by atomic mass is 10.0. The number of benzene rings is 1. The van der Waals surface area contributed by atoms with Gasteiger partial charge in [-0.3, -0.25) is 4.79 Å². The molecule has 106 valence electrons. The van der Waals surface area contributed by atoms with E-state index in [-0.39, 0.29) is 18.5 Å². The van der Waals surface area contributed by atoms with Gasteiger partial charge in [-0.1, -0.05) is 6.07 Å².